The van der Waals surface area contributed by atoms with Crippen LogP contribution >= 0.6 is 0 Å². The van der Waals surface area contributed by atoms with Crippen LogP contribution in [0.2, 0.25) is 0 Å². The van der Waals surface area contributed by atoms with E-state index in [1.54, 1.807) is 17.0 Å². The minimum absolute atomic E-state index is 0.268. The van der Waals surface area contributed by atoms with Crippen molar-refractivity contribution in [3.63, 3.8) is 0 Å². The molecule has 0 bridgehead atoms. The molecule has 1 aromatic heterocycles. The van der Waals surface area contributed by atoms with Crippen LogP contribution in [0.1, 0.15) is 0 Å². The normalized spacial score (nSPS) is 16.0. The van der Waals surface area contributed by atoms with E-state index in [-0.39, 0.29) is 11.4 Å². The standard InChI is InChI=1S/C11H12N4O3/c1-6-9(16)13-11(18)15(10(6)17)8-5-4-7(12-8)14(2)3/h4-5,12H,1H2,2-3H3,(H,13,16,18). The number of anilines is 2. The van der Waals surface area contributed by atoms with Gasteiger partial charge < -0.3 is 9.88 Å². The molecule has 0 atom stereocenters. The number of aromatic nitrogens is 1. The average Bonchev–Trinajstić information content (AvgIpc) is 2.75. The van der Waals surface area contributed by atoms with Gasteiger partial charge in [-0.05, 0) is 12.1 Å². The Morgan fingerprint density at radius 1 is 1.22 bits per heavy atom. The summed E-state index contributed by atoms with van der Waals surface area (Å²) in [6.07, 6.45) is 0. The molecule has 94 valence electrons. The Labute approximate surface area is 103 Å². The zero-order valence-electron chi connectivity index (χ0n) is 9.98. The minimum Gasteiger partial charge on any atom is -0.364 e. The Morgan fingerprint density at radius 2 is 1.89 bits per heavy atom. The van der Waals surface area contributed by atoms with E-state index in [4.69, 9.17) is 0 Å². The number of nitrogens with zero attached hydrogens (tertiary/aromatic N) is 2. The Kier molecular flexibility index (Phi) is 2.66. The number of amides is 4. The highest BCUT2D eigenvalue weighted by Crippen LogP contribution is 2.22. The van der Waals surface area contributed by atoms with Crippen molar-refractivity contribution < 1.29 is 14.4 Å². The van der Waals surface area contributed by atoms with Gasteiger partial charge >= 0.3 is 6.03 Å². The maximum atomic E-state index is 11.8. The molecule has 1 aliphatic rings. The fraction of sp³-hybridized carbons (Fsp3) is 0.182. The van der Waals surface area contributed by atoms with Gasteiger partial charge in [-0.1, -0.05) is 6.58 Å². The van der Waals surface area contributed by atoms with Gasteiger partial charge in [-0.15, -0.1) is 0 Å². The Balaban J connectivity index is 2.36. The summed E-state index contributed by atoms with van der Waals surface area (Å²) in [6.45, 7) is 3.35. The molecule has 2 rings (SSSR count). The van der Waals surface area contributed by atoms with Crippen LogP contribution in [0.25, 0.3) is 0 Å². The maximum absolute atomic E-state index is 11.8. The summed E-state index contributed by atoms with van der Waals surface area (Å²) < 4.78 is 0. The number of aromatic amines is 1. The Morgan fingerprint density at radius 3 is 2.44 bits per heavy atom. The molecule has 0 aromatic carbocycles. The van der Waals surface area contributed by atoms with Crippen LogP contribution in [0.5, 0.6) is 0 Å². The van der Waals surface area contributed by atoms with Crippen molar-refractivity contribution in [3.05, 3.63) is 24.3 Å². The lowest BCUT2D eigenvalue weighted by Crippen LogP contribution is -2.54. The first-order chi connectivity index (χ1) is 8.41. The molecule has 18 heavy (non-hydrogen) atoms. The van der Waals surface area contributed by atoms with Crippen LogP contribution in [-0.2, 0) is 9.59 Å². The zero-order valence-corrected chi connectivity index (χ0v) is 9.98. The monoisotopic (exact) mass is 248 g/mol. The first-order valence-electron chi connectivity index (χ1n) is 5.17. The zero-order chi connectivity index (χ0) is 13.4. The van der Waals surface area contributed by atoms with Gasteiger partial charge in [0.1, 0.15) is 11.6 Å². The summed E-state index contributed by atoms with van der Waals surface area (Å²) in [5.74, 6) is -0.473. The number of imide groups is 2. The summed E-state index contributed by atoms with van der Waals surface area (Å²) in [6, 6.07) is 2.51. The van der Waals surface area contributed by atoms with E-state index < -0.39 is 17.8 Å². The van der Waals surface area contributed by atoms with Gasteiger partial charge in [0.05, 0.1) is 5.57 Å². The summed E-state index contributed by atoms with van der Waals surface area (Å²) in [5.41, 5.74) is -0.268. The molecular weight excluding hydrogens is 236 g/mol. The molecule has 0 saturated carbocycles. The van der Waals surface area contributed by atoms with Crippen LogP contribution in [0, 0.1) is 0 Å². The highest BCUT2D eigenvalue weighted by molar-refractivity contribution is 6.37. The molecule has 1 aliphatic heterocycles. The topological polar surface area (TPSA) is 85.5 Å². The van der Waals surface area contributed by atoms with Gasteiger partial charge in [0.2, 0.25) is 0 Å². The van der Waals surface area contributed by atoms with Crippen LogP contribution < -0.4 is 15.1 Å². The third-order valence-corrected chi connectivity index (χ3v) is 2.54. The second-order valence-electron chi connectivity index (χ2n) is 4.00. The predicted octanol–water partition coefficient (Wildman–Crippen LogP) is 0.220. The molecule has 0 aliphatic carbocycles. The largest absolute Gasteiger partial charge is 0.364 e. The van der Waals surface area contributed by atoms with Crippen molar-refractivity contribution in [3.8, 4) is 0 Å². The maximum Gasteiger partial charge on any atom is 0.337 e. The number of barbiturate groups is 1. The summed E-state index contributed by atoms with van der Waals surface area (Å²) in [4.78, 5) is 40.2. The molecule has 7 nitrogen and oxygen atoms in total. The van der Waals surface area contributed by atoms with E-state index >= 15 is 0 Å². The quantitative estimate of drug-likeness (QED) is 0.579. The van der Waals surface area contributed by atoms with Crippen molar-refractivity contribution in [1.29, 1.82) is 0 Å². The lowest BCUT2D eigenvalue weighted by molar-refractivity contribution is -0.122. The minimum atomic E-state index is -0.787. The molecule has 0 spiro atoms. The molecule has 4 amide bonds. The second kappa shape index (κ2) is 4.02. The van der Waals surface area contributed by atoms with Crippen molar-refractivity contribution in [1.82, 2.24) is 10.3 Å². The number of nitrogens with one attached hydrogen (secondary N) is 2. The highest BCUT2D eigenvalue weighted by Gasteiger charge is 2.36. The molecule has 2 N–H and O–H groups in total. The lowest BCUT2D eigenvalue weighted by atomic mass is 10.2. The highest BCUT2D eigenvalue weighted by atomic mass is 16.2. The number of carbonyl (C=O) groups excluding carboxylic acids is 3. The van der Waals surface area contributed by atoms with Gasteiger partial charge in [-0.3, -0.25) is 14.9 Å². The molecule has 1 aromatic rings. The Hall–Kier alpha value is -2.57. The van der Waals surface area contributed by atoms with Crippen molar-refractivity contribution >= 4 is 29.5 Å². The number of rotatable bonds is 2. The predicted molar refractivity (Wildman–Crippen MR) is 65.3 cm³/mol. The van der Waals surface area contributed by atoms with Crippen LogP contribution in [0.4, 0.5) is 16.4 Å². The first-order valence-corrected chi connectivity index (χ1v) is 5.17. The third kappa shape index (κ3) is 1.75. The summed E-state index contributed by atoms with van der Waals surface area (Å²) >= 11 is 0. The number of urea groups is 1. The second-order valence-corrected chi connectivity index (χ2v) is 4.00. The SMILES string of the molecule is C=C1C(=O)NC(=O)N(c2ccc(N(C)C)[nH]2)C1=O. The number of hydrogen-bond donors (Lipinski definition) is 2. The van der Waals surface area contributed by atoms with E-state index in [9.17, 15) is 14.4 Å². The lowest BCUT2D eigenvalue weighted by Gasteiger charge is -2.24. The summed E-state index contributed by atoms with van der Waals surface area (Å²) in [5, 5.41) is 2.04. The van der Waals surface area contributed by atoms with Crippen LogP contribution in [0.3, 0.4) is 0 Å². The third-order valence-electron chi connectivity index (χ3n) is 2.54. The van der Waals surface area contributed by atoms with Crippen LogP contribution in [-0.4, -0.2) is 36.9 Å². The first kappa shape index (κ1) is 11.9. The average molecular weight is 248 g/mol. The van der Waals surface area contributed by atoms with Crippen molar-refractivity contribution in [2.24, 2.45) is 0 Å². The fourth-order valence-corrected chi connectivity index (χ4v) is 1.54. The Bertz CT molecular complexity index is 558. The van der Waals surface area contributed by atoms with Gasteiger partial charge in [-0.2, -0.15) is 0 Å². The van der Waals surface area contributed by atoms with Crippen molar-refractivity contribution in [2.75, 3.05) is 23.9 Å². The number of H-pyrrole nitrogens is 1. The molecule has 1 fully saturated rings. The number of hydrogen-bond acceptors (Lipinski definition) is 4. The van der Waals surface area contributed by atoms with Gasteiger partial charge in [0.25, 0.3) is 11.8 Å². The summed E-state index contributed by atoms with van der Waals surface area (Å²) in [7, 11) is 3.63. The smallest absolute Gasteiger partial charge is 0.337 e. The van der Waals surface area contributed by atoms with E-state index in [1.807, 2.05) is 19.4 Å². The molecule has 0 radical (unpaired) electrons. The van der Waals surface area contributed by atoms with E-state index in [1.165, 1.54) is 0 Å². The number of carbonyl (C=O) groups is 3. The van der Waals surface area contributed by atoms with Gasteiger partial charge in [0.15, 0.2) is 0 Å². The fourth-order valence-electron chi connectivity index (χ4n) is 1.54. The van der Waals surface area contributed by atoms with Crippen molar-refractivity contribution in [2.45, 2.75) is 0 Å². The van der Waals surface area contributed by atoms with E-state index in [0.29, 0.717) is 0 Å². The molecule has 7 heteroatoms. The van der Waals surface area contributed by atoms with E-state index in [2.05, 4.69) is 11.6 Å². The van der Waals surface area contributed by atoms with E-state index in [0.717, 1.165) is 10.7 Å². The molecule has 1 saturated heterocycles. The van der Waals surface area contributed by atoms with Crippen LogP contribution in [0.15, 0.2) is 24.3 Å². The molecular formula is C11H12N4O3. The van der Waals surface area contributed by atoms with Gasteiger partial charge in [-0.25, -0.2) is 9.69 Å². The molecule has 0 unspecified atom stereocenters. The van der Waals surface area contributed by atoms with Gasteiger partial charge in [0, 0.05) is 14.1 Å². The molecule has 2 heterocycles.